The van der Waals surface area contributed by atoms with Crippen LogP contribution in [0.15, 0.2) is 30.5 Å². The normalized spacial score (nSPS) is 21.2. The van der Waals surface area contributed by atoms with Crippen molar-refractivity contribution in [1.29, 1.82) is 0 Å². The fourth-order valence-corrected chi connectivity index (χ4v) is 3.20. The number of aromatic nitrogens is 1. The van der Waals surface area contributed by atoms with Crippen molar-refractivity contribution in [2.45, 2.75) is 45.3 Å². The maximum absolute atomic E-state index is 6.06. The fourth-order valence-electron chi connectivity index (χ4n) is 3.20. The molecule has 0 saturated carbocycles. The predicted molar refractivity (Wildman–Crippen MR) is 84.7 cm³/mol. The summed E-state index contributed by atoms with van der Waals surface area (Å²) in [6.45, 7) is 6.60. The summed E-state index contributed by atoms with van der Waals surface area (Å²) in [6, 6.07) is 9.48. The van der Waals surface area contributed by atoms with E-state index in [1.165, 1.54) is 35.9 Å². The molecule has 3 heteroatoms. The third-order valence-corrected chi connectivity index (χ3v) is 4.45. The summed E-state index contributed by atoms with van der Waals surface area (Å²) in [5.41, 5.74) is 8.83. The van der Waals surface area contributed by atoms with E-state index in [2.05, 4.69) is 46.9 Å². The average Bonchev–Trinajstić information content (AvgIpc) is 2.75. The first-order valence-corrected chi connectivity index (χ1v) is 7.82. The van der Waals surface area contributed by atoms with Crippen LogP contribution in [0.5, 0.6) is 0 Å². The smallest absolute Gasteiger partial charge is 0.0483 e. The number of aryl methyl sites for hydroxylation is 1. The lowest BCUT2D eigenvalue weighted by molar-refractivity contribution is 0.276. The Bertz CT molecular complexity index is 573. The van der Waals surface area contributed by atoms with Gasteiger partial charge in [0.25, 0.3) is 0 Å². The minimum atomic E-state index is 0.403. The van der Waals surface area contributed by atoms with Gasteiger partial charge in [-0.1, -0.05) is 12.1 Å². The molecule has 2 aromatic rings. The summed E-state index contributed by atoms with van der Waals surface area (Å²) in [6.07, 6.45) is 5.72. The lowest BCUT2D eigenvalue weighted by Crippen LogP contribution is -2.26. The number of likely N-dealkylation sites (tertiary alicyclic amines) is 1. The molecule has 2 N–H and O–H groups in total. The average molecular weight is 271 g/mol. The Labute approximate surface area is 121 Å². The third kappa shape index (κ3) is 2.89. The van der Waals surface area contributed by atoms with Gasteiger partial charge < -0.3 is 10.3 Å². The van der Waals surface area contributed by atoms with Gasteiger partial charge in [0.05, 0.1) is 0 Å². The predicted octanol–water partition coefficient (Wildman–Crippen LogP) is 2.97. The largest absolute Gasteiger partial charge is 0.348 e. The lowest BCUT2D eigenvalue weighted by Gasteiger charge is -2.20. The minimum absolute atomic E-state index is 0.403. The summed E-state index contributed by atoms with van der Waals surface area (Å²) in [4.78, 5) is 2.55. The summed E-state index contributed by atoms with van der Waals surface area (Å²) >= 11 is 0. The number of fused-ring (bicyclic) bond motifs is 1. The Morgan fingerprint density at radius 1 is 1.20 bits per heavy atom. The van der Waals surface area contributed by atoms with Crippen molar-refractivity contribution in [2.75, 3.05) is 13.1 Å². The third-order valence-electron chi connectivity index (χ3n) is 4.45. The van der Waals surface area contributed by atoms with E-state index in [0.717, 1.165) is 26.1 Å². The van der Waals surface area contributed by atoms with E-state index in [0.29, 0.717) is 6.04 Å². The van der Waals surface area contributed by atoms with E-state index >= 15 is 0 Å². The van der Waals surface area contributed by atoms with Gasteiger partial charge in [0.1, 0.15) is 0 Å². The molecule has 1 aromatic heterocycles. The van der Waals surface area contributed by atoms with Gasteiger partial charge in [-0.25, -0.2) is 0 Å². The van der Waals surface area contributed by atoms with E-state index in [1.807, 2.05) is 0 Å². The maximum Gasteiger partial charge on any atom is 0.0483 e. The molecule has 0 radical (unpaired) electrons. The van der Waals surface area contributed by atoms with Crippen molar-refractivity contribution in [3.05, 3.63) is 36.0 Å². The minimum Gasteiger partial charge on any atom is -0.348 e. The fraction of sp³-hybridized carbons (Fsp3) is 0.529. The van der Waals surface area contributed by atoms with Gasteiger partial charge in [0, 0.05) is 30.8 Å². The highest BCUT2D eigenvalue weighted by Crippen LogP contribution is 2.20. The van der Waals surface area contributed by atoms with Crippen LogP contribution in [0, 0.1) is 0 Å². The molecule has 0 spiro atoms. The highest BCUT2D eigenvalue weighted by Gasteiger charge is 2.14. The monoisotopic (exact) mass is 271 g/mol. The summed E-state index contributed by atoms with van der Waals surface area (Å²) in [5.74, 6) is 0. The molecule has 0 amide bonds. The second-order valence-corrected chi connectivity index (χ2v) is 5.96. The van der Waals surface area contributed by atoms with Gasteiger partial charge in [-0.15, -0.1) is 0 Å². The van der Waals surface area contributed by atoms with Gasteiger partial charge in [-0.2, -0.15) is 0 Å². The van der Waals surface area contributed by atoms with Crippen LogP contribution < -0.4 is 5.73 Å². The number of nitrogens with zero attached hydrogens (tertiary/aromatic N) is 2. The van der Waals surface area contributed by atoms with E-state index in [4.69, 9.17) is 5.73 Å². The van der Waals surface area contributed by atoms with Crippen molar-refractivity contribution in [3.8, 4) is 0 Å². The zero-order chi connectivity index (χ0) is 13.9. The molecule has 0 bridgehead atoms. The number of hydrogen-bond acceptors (Lipinski definition) is 2. The molecule has 108 valence electrons. The highest BCUT2D eigenvalue weighted by atomic mass is 15.1. The van der Waals surface area contributed by atoms with Gasteiger partial charge in [0.2, 0.25) is 0 Å². The topological polar surface area (TPSA) is 34.2 Å². The molecule has 1 saturated heterocycles. The molecular formula is C17H25N3. The zero-order valence-electron chi connectivity index (χ0n) is 12.4. The van der Waals surface area contributed by atoms with Crippen LogP contribution in [-0.4, -0.2) is 28.6 Å². The lowest BCUT2D eigenvalue weighted by atomic mass is 10.1. The Kier molecular flexibility index (Phi) is 4.08. The van der Waals surface area contributed by atoms with Crippen LogP contribution in [0.2, 0.25) is 0 Å². The maximum atomic E-state index is 6.06. The van der Waals surface area contributed by atoms with Crippen LogP contribution in [-0.2, 0) is 13.1 Å². The van der Waals surface area contributed by atoms with Gasteiger partial charge in [-0.05, 0) is 62.4 Å². The van der Waals surface area contributed by atoms with Gasteiger partial charge in [0.15, 0.2) is 0 Å². The van der Waals surface area contributed by atoms with Crippen molar-refractivity contribution in [3.63, 3.8) is 0 Å². The highest BCUT2D eigenvalue weighted by molar-refractivity contribution is 5.80. The summed E-state index contributed by atoms with van der Waals surface area (Å²) in [7, 11) is 0. The Morgan fingerprint density at radius 2 is 2.10 bits per heavy atom. The second kappa shape index (κ2) is 5.98. The van der Waals surface area contributed by atoms with Gasteiger partial charge in [-0.3, -0.25) is 4.90 Å². The first-order chi connectivity index (χ1) is 9.76. The first kappa shape index (κ1) is 13.7. The quantitative estimate of drug-likeness (QED) is 0.931. The van der Waals surface area contributed by atoms with E-state index in [-0.39, 0.29) is 0 Å². The van der Waals surface area contributed by atoms with Crippen molar-refractivity contribution in [1.82, 2.24) is 9.47 Å². The van der Waals surface area contributed by atoms with Gasteiger partial charge >= 0.3 is 0 Å². The Balaban J connectivity index is 1.76. The van der Waals surface area contributed by atoms with Crippen LogP contribution >= 0.6 is 0 Å². The standard InChI is InChI=1S/C17H25N3/c1-2-20-11-7-15-6-5-14(12-17(15)20)13-19-9-3-4-16(18)8-10-19/h5-7,11-12,16H,2-4,8-10,13,18H2,1H3/t16-/m1/s1. The van der Waals surface area contributed by atoms with Crippen molar-refractivity contribution < 1.29 is 0 Å². The Hall–Kier alpha value is -1.32. The molecule has 2 heterocycles. The molecule has 20 heavy (non-hydrogen) atoms. The number of rotatable bonds is 3. The van der Waals surface area contributed by atoms with E-state index in [1.54, 1.807) is 0 Å². The molecule has 3 rings (SSSR count). The molecule has 1 aromatic carbocycles. The van der Waals surface area contributed by atoms with Crippen LogP contribution in [0.25, 0.3) is 10.9 Å². The molecule has 0 aliphatic carbocycles. The number of hydrogen-bond donors (Lipinski definition) is 1. The summed E-state index contributed by atoms with van der Waals surface area (Å²) < 4.78 is 2.32. The Morgan fingerprint density at radius 3 is 2.95 bits per heavy atom. The molecule has 1 atom stereocenters. The first-order valence-electron chi connectivity index (χ1n) is 7.82. The zero-order valence-corrected chi connectivity index (χ0v) is 12.4. The van der Waals surface area contributed by atoms with Crippen molar-refractivity contribution in [2.24, 2.45) is 5.73 Å². The van der Waals surface area contributed by atoms with Crippen LogP contribution in [0.3, 0.4) is 0 Å². The molecule has 3 nitrogen and oxygen atoms in total. The number of nitrogens with two attached hydrogens (primary N) is 1. The molecule has 0 unspecified atom stereocenters. The van der Waals surface area contributed by atoms with E-state index < -0.39 is 0 Å². The van der Waals surface area contributed by atoms with Crippen LogP contribution in [0.4, 0.5) is 0 Å². The molecule has 1 aliphatic heterocycles. The van der Waals surface area contributed by atoms with Crippen molar-refractivity contribution >= 4 is 10.9 Å². The SMILES string of the molecule is CCn1ccc2ccc(CN3CCC[C@@H](N)CC3)cc21. The summed E-state index contributed by atoms with van der Waals surface area (Å²) in [5, 5.41) is 1.34. The second-order valence-electron chi connectivity index (χ2n) is 5.96. The molecule has 1 fully saturated rings. The molecular weight excluding hydrogens is 246 g/mol. The molecule has 1 aliphatic rings. The van der Waals surface area contributed by atoms with E-state index in [9.17, 15) is 0 Å². The van der Waals surface area contributed by atoms with Crippen LogP contribution in [0.1, 0.15) is 31.7 Å². The number of benzene rings is 1.